The lowest BCUT2D eigenvalue weighted by atomic mass is 9.85. The first kappa shape index (κ1) is 26.5. The number of thioether (sulfide) groups is 1. The van der Waals surface area contributed by atoms with Gasteiger partial charge in [-0.3, -0.25) is 5.32 Å². The zero-order valence-corrected chi connectivity index (χ0v) is 24.2. The van der Waals surface area contributed by atoms with Crippen molar-refractivity contribution >= 4 is 23.0 Å². The Bertz CT molecular complexity index is 1740. The molecule has 5 aromatic carbocycles. The zero-order valence-electron chi connectivity index (χ0n) is 23.3. The Kier molecular flexibility index (Phi) is 7.50. The maximum Gasteiger partial charge on any atom is 0.0812 e. The molecule has 1 heterocycles. The molecule has 2 aliphatic rings. The van der Waals surface area contributed by atoms with Gasteiger partial charge in [-0.05, 0) is 58.0 Å². The first-order valence-electron chi connectivity index (χ1n) is 14.5. The highest BCUT2D eigenvalue weighted by Crippen LogP contribution is 2.55. The van der Waals surface area contributed by atoms with E-state index in [1.807, 2.05) is 17.8 Å². The maximum absolute atomic E-state index is 6.49. The summed E-state index contributed by atoms with van der Waals surface area (Å²) >= 11 is 1.90. The topological polar surface area (TPSA) is 50.1 Å². The molecule has 206 valence electrons. The highest BCUT2D eigenvalue weighted by Gasteiger charge is 2.34. The number of hydrogen-bond acceptors (Lipinski definition) is 4. The monoisotopic (exact) mass is 563 g/mol. The molecule has 5 aromatic rings. The molecule has 0 spiro atoms. The molecule has 0 saturated carbocycles. The predicted molar refractivity (Wildman–Crippen MR) is 177 cm³/mol. The van der Waals surface area contributed by atoms with E-state index in [4.69, 9.17) is 5.73 Å². The molecule has 0 bridgehead atoms. The number of allylic oxidation sites excluding steroid dienone is 3. The quantitative estimate of drug-likeness (QED) is 0.165. The molecule has 1 aliphatic heterocycles. The molecular formula is C38H33N3S. The Labute approximate surface area is 252 Å². The van der Waals surface area contributed by atoms with E-state index >= 15 is 0 Å². The summed E-state index contributed by atoms with van der Waals surface area (Å²) in [5.74, 6) is 0.385. The van der Waals surface area contributed by atoms with Gasteiger partial charge in [0.25, 0.3) is 0 Å². The van der Waals surface area contributed by atoms with Gasteiger partial charge in [0.05, 0.1) is 11.9 Å². The second-order valence-electron chi connectivity index (χ2n) is 10.8. The summed E-state index contributed by atoms with van der Waals surface area (Å²) in [7, 11) is 0. The Morgan fingerprint density at radius 1 is 0.690 bits per heavy atom. The smallest absolute Gasteiger partial charge is 0.0812 e. The third kappa shape index (κ3) is 5.45. The van der Waals surface area contributed by atoms with Crippen LogP contribution in [-0.4, -0.2) is 0 Å². The predicted octanol–water partition coefficient (Wildman–Crippen LogP) is 9.10. The van der Waals surface area contributed by atoms with Crippen LogP contribution in [0.15, 0.2) is 155 Å². The molecule has 0 aromatic heterocycles. The van der Waals surface area contributed by atoms with Crippen LogP contribution in [0.1, 0.15) is 40.8 Å². The van der Waals surface area contributed by atoms with E-state index in [1.165, 1.54) is 48.9 Å². The maximum atomic E-state index is 6.49. The van der Waals surface area contributed by atoms with Crippen molar-refractivity contribution in [2.24, 2.45) is 5.73 Å². The number of nitrogens with two attached hydrogens (primary N) is 1. The first-order chi connectivity index (χ1) is 20.7. The minimum atomic E-state index is -0.237. The standard InChI is InChI=1S/C38H33N3S/c39-38(40-25-26-9-3-1-4-10-26)30-19-21-31(22-20-30)41-36-32(23-24-34-33-13-7-8-14-35(33)42-37(34)36)29-17-15-28(16-18-29)27-11-5-2-6-12-27/h1-23,34,38,40-41H,24-25,39H2. The SMILES string of the molecule is NC(NCc1ccccc1)c1ccc(NC2=C3Sc4ccccc4C3CC=C2c2ccc(-c3ccccc3)cc2)cc1. The molecule has 3 nitrogen and oxygen atoms in total. The van der Waals surface area contributed by atoms with Crippen molar-refractivity contribution in [3.63, 3.8) is 0 Å². The Hall–Kier alpha value is -4.35. The third-order valence-corrected chi connectivity index (χ3v) is 9.42. The summed E-state index contributed by atoms with van der Waals surface area (Å²) in [6.45, 7) is 0.731. The molecule has 0 amide bonds. The lowest BCUT2D eigenvalue weighted by Gasteiger charge is -2.26. The van der Waals surface area contributed by atoms with Crippen LogP contribution in [0.3, 0.4) is 0 Å². The number of hydrogen-bond donors (Lipinski definition) is 3. The molecule has 7 rings (SSSR count). The molecule has 0 fully saturated rings. The Morgan fingerprint density at radius 2 is 1.33 bits per heavy atom. The lowest BCUT2D eigenvalue weighted by Crippen LogP contribution is -2.28. The molecule has 0 saturated heterocycles. The first-order valence-corrected chi connectivity index (χ1v) is 15.3. The van der Waals surface area contributed by atoms with E-state index in [1.54, 1.807) is 0 Å². The van der Waals surface area contributed by atoms with Gasteiger partial charge in [-0.2, -0.15) is 0 Å². The summed E-state index contributed by atoms with van der Waals surface area (Å²) in [4.78, 5) is 2.75. The van der Waals surface area contributed by atoms with Crippen molar-refractivity contribution in [1.29, 1.82) is 0 Å². The van der Waals surface area contributed by atoms with E-state index in [9.17, 15) is 0 Å². The summed E-state index contributed by atoms with van der Waals surface area (Å²) in [6.07, 6.45) is 3.18. The minimum Gasteiger partial charge on any atom is -0.354 e. The molecule has 0 radical (unpaired) electrons. The number of anilines is 1. The number of benzene rings is 5. The van der Waals surface area contributed by atoms with Gasteiger partial charge in [0.1, 0.15) is 0 Å². The number of fused-ring (bicyclic) bond motifs is 3. The van der Waals surface area contributed by atoms with E-state index in [0.717, 1.165) is 24.2 Å². The van der Waals surface area contributed by atoms with Crippen LogP contribution in [0.2, 0.25) is 0 Å². The normalized spacial score (nSPS) is 16.4. The fourth-order valence-corrected chi connectivity index (χ4v) is 7.19. The largest absolute Gasteiger partial charge is 0.354 e. The average molecular weight is 564 g/mol. The van der Waals surface area contributed by atoms with Gasteiger partial charge in [0.2, 0.25) is 0 Å². The number of rotatable bonds is 8. The second kappa shape index (κ2) is 11.9. The fourth-order valence-electron chi connectivity index (χ4n) is 5.85. The molecule has 4 heteroatoms. The van der Waals surface area contributed by atoms with Crippen LogP contribution in [0.5, 0.6) is 0 Å². The second-order valence-corrected chi connectivity index (χ2v) is 11.9. The van der Waals surface area contributed by atoms with Crippen LogP contribution < -0.4 is 16.4 Å². The van der Waals surface area contributed by atoms with Gasteiger partial charge in [0, 0.05) is 33.5 Å². The molecule has 1 aliphatic carbocycles. The summed E-state index contributed by atoms with van der Waals surface area (Å²) in [5, 5.41) is 7.27. The van der Waals surface area contributed by atoms with Crippen LogP contribution in [0.25, 0.3) is 16.7 Å². The van der Waals surface area contributed by atoms with Gasteiger partial charge < -0.3 is 11.1 Å². The summed E-state index contributed by atoms with van der Waals surface area (Å²) in [5.41, 5.74) is 17.4. The average Bonchev–Trinajstić information content (AvgIpc) is 3.44. The van der Waals surface area contributed by atoms with E-state index < -0.39 is 0 Å². The van der Waals surface area contributed by atoms with Crippen molar-refractivity contribution in [2.45, 2.75) is 29.9 Å². The van der Waals surface area contributed by atoms with Gasteiger partial charge in [-0.25, -0.2) is 0 Å². The molecule has 2 atom stereocenters. The molecule has 42 heavy (non-hydrogen) atoms. The van der Waals surface area contributed by atoms with Gasteiger partial charge in [-0.1, -0.05) is 133 Å². The fraction of sp³-hybridized carbons (Fsp3) is 0.105. The molecular weight excluding hydrogens is 531 g/mol. The molecule has 2 unspecified atom stereocenters. The summed E-state index contributed by atoms with van der Waals surface area (Å²) in [6, 6.07) is 47.2. The Morgan fingerprint density at radius 3 is 2.10 bits per heavy atom. The van der Waals surface area contributed by atoms with Crippen molar-refractivity contribution in [3.05, 3.63) is 172 Å². The van der Waals surface area contributed by atoms with E-state index in [-0.39, 0.29) is 6.17 Å². The van der Waals surface area contributed by atoms with Crippen molar-refractivity contribution in [2.75, 3.05) is 5.32 Å². The lowest BCUT2D eigenvalue weighted by molar-refractivity contribution is 0.552. The summed E-state index contributed by atoms with van der Waals surface area (Å²) < 4.78 is 0. The van der Waals surface area contributed by atoms with Gasteiger partial charge in [0.15, 0.2) is 0 Å². The van der Waals surface area contributed by atoms with Crippen LogP contribution in [0.4, 0.5) is 5.69 Å². The van der Waals surface area contributed by atoms with Crippen molar-refractivity contribution < 1.29 is 0 Å². The Balaban J connectivity index is 1.16. The van der Waals surface area contributed by atoms with Crippen LogP contribution in [0, 0.1) is 0 Å². The van der Waals surface area contributed by atoms with Gasteiger partial charge >= 0.3 is 0 Å². The minimum absolute atomic E-state index is 0.237. The highest BCUT2D eigenvalue weighted by atomic mass is 32.2. The van der Waals surface area contributed by atoms with E-state index in [2.05, 4.69) is 144 Å². The highest BCUT2D eigenvalue weighted by molar-refractivity contribution is 8.03. The third-order valence-electron chi connectivity index (χ3n) is 8.12. The number of nitrogens with one attached hydrogen (secondary N) is 2. The van der Waals surface area contributed by atoms with Crippen molar-refractivity contribution in [3.8, 4) is 11.1 Å². The molecule has 4 N–H and O–H groups in total. The van der Waals surface area contributed by atoms with Crippen LogP contribution in [-0.2, 0) is 6.54 Å². The van der Waals surface area contributed by atoms with Crippen molar-refractivity contribution in [1.82, 2.24) is 5.32 Å². The van der Waals surface area contributed by atoms with E-state index in [0.29, 0.717) is 5.92 Å². The van der Waals surface area contributed by atoms with Gasteiger partial charge in [-0.15, -0.1) is 0 Å². The van der Waals surface area contributed by atoms with Crippen LogP contribution >= 0.6 is 11.8 Å². The zero-order chi connectivity index (χ0) is 28.3.